The molecule has 0 aliphatic rings. The number of nitrogens with two attached hydrogens (primary N) is 1. The molecule has 0 fully saturated rings. The summed E-state index contributed by atoms with van der Waals surface area (Å²) < 4.78 is 39.9. The lowest BCUT2D eigenvalue weighted by Crippen LogP contribution is -2.18. The molecule has 0 spiro atoms. The fraction of sp³-hybridized carbons (Fsp3) is 0.636. The molecule has 4 nitrogen and oxygen atoms in total. The Labute approximate surface area is 103 Å². The SMILES string of the molecule is Cc1nc(CCOCC(F)(F)F)ncc1C(C)N. The molecule has 0 aliphatic heterocycles. The van der Waals surface area contributed by atoms with Crippen LogP contribution in [0, 0.1) is 6.92 Å². The zero-order valence-corrected chi connectivity index (χ0v) is 10.3. The van der Waals surface area contributed by atoms with Gasteiger partial charge in [0.05, 0.1) is 6.61 Å². The molecule has 1 atom stereocenters. The molecule has 0 amide bonds. The van der Waals surface area contributed by atoms with E-state index in [1.807, 2.05) is 6.92 Å². The van der Waals surface area contributed by atoms with Gasteiger partial charge in [-0.15, -0.1) is 0 Å². The van der Waals surface area contributed by atoms with Crippen molar-refractivity contribution in [2.24, 2.45) is 5.73 Å². The number of alkyl halides is 3. The van der Waals surface area contributed by atoms with Crippen molar-refractivity contribution in [3.63, 3.8) is 0 Å². The third-order valence-corrected chi connectivity index (χ3v) is 2.29. The van der Waals surface area contributed by atoms with Gasteiger partial charge in [0.15, 0.2) is 0 Å². The molecule has 0 aromatic carbocycles. The molecule has 1 rings (SSSR count). The first-order valence-electron chi connectivity index (χ1n) is 5.52. The van der Waals surface area contributed by atoms with E-state index in [1.54, 1.807) is 13.1 Å². The summed E-state index contributed by atoms with van der Waals surface area (Å²) in [7, 11) is 0. The Morgan fingerprint density at radius 3 is 2.61 bits per heavy atom. The number of ether oxygens (including phenoxy) is 1. The zero-order chi connectivity index (χ0) is 13.8. The topological polar surface area (TPSA) is 61.0 Å². The Balaban J connectivity index is 2.47. The normalized spacial score (nSPS) is 13.7. The number of hydrogen-bond acceptors (Lipinski definition) is 4. The Kier molecular flexibility index (Phi) is 5.03. The van der Waals surface area contributed by atoms with E-state index in [1.165, 1.54) is 0 Å². The second-order valence-corrected chi connectivity index (χ2v) is 4.03. The Morgan fingerprint density at radius 1 is 1.44 bits per heavy atom. The maximum Gasteiger partial charge on any atom is 0.411 e. The monoisotopic (exact) mass is 263 g/mol. The van der Waals surface area contributed by atoms with E-state index in [2.05, 4.69) is 14.7 Å². The van der Waals surface area contributed by atoms with Crippen LogP contribution in [0.25, 0.3) is 0 Å². The van der Waals surface area contributed by atoms with E-state index in [4.69, 9.17) is 5.73 Å². The van der Waals surface area contributed by atoms with Gasteiger partial charge in [-0.2, -0.15) is 13.2 Å². The smallest absolute Gasteiger partial charge is 0.372 e. The molecular weight excluding hydrogens is 247 g/mol. The van der Waals surface area contributed by atoms with Gasteiger partial charge >= 0.3 is 6.18 Å². The molecule has 0 radical (unpaired) electrons. The van der Waals surface area contributed by atoms with Gasteiger partial charge in [0, 0.05) is 29.9 Å². The van der Waals surface area contributed by atoms with Crippen LogP contribution in [0.5, 0.6) is 0 Å². The van der Waals surface area contributed by atoms with Crippen LogP contribution in [0.15, 0.2) is 6.20 Å². The quantitative estimate of drug-likeness (QED) is 0.824. The largest absolute Gasteiger partial charge is 0.411 e. The van der Waals surface area contributed by atoms with Crippen LogP contribution in [0.3, 0.4) is 0 Å². The van der Waals surface area contributed by atoms with Gasteiger partial charge in [-0.05, 0) is 13.8 Å². The minimum Gasteiger partial charge on any atom is -0.372 e. The fourth-order valence-corrected chi connectivity index (χ4v) is 1.44. The molecule has 7 heteroatoms. The molecule has 0 saturated carbocycles. The van der Waals surface area contributed by atoms with Crippen molar-refractivity contribution < 1.29 is 17.9 Å². The van der Waals surface area contributed by atoms with E-state index in [9.17, 15) is 13.2 Å². The molecule has 1 unspecified atom stereocenters. The first-order valence-corrected chi connectivity index (χ1v) is 5.52. The van der Waals surface area contributed by atoms with Gasteiger partial charge in [0.25, 0.3) is 0 Å². The van der Waals surface area contributed by atoms with Crippen molar-refractivity contribution in [2.75, 3.05) is 13.2 Å². The van der Waals surface area contributed by atoms with Crippen LogP contribution in [-0.2, 0) is 11.2 Å². The Bertz CT molecular complexity index is 394. The fourth-order valence-electron chi connectivity index (χ4n) is 1.44. The summed E-state index contributed by atoms with van der Waals surface area (Å²) in [5.74, 6) is 0.457. The van der Waals surface area contributed by atoms with Crippen LogP contribution in [0.4, 0.5) is 13.2 Å². The maximum absolute atomic E-state index is 11.8. The standard InChI is InChI=1S/C11H16F3N3O/c1-7(15)9-5-16-10(17-8(9)2)3-4-18-6-11(12,13)14/h5,7H,3-4,6,15H2,1-2H3. The van der Waals surface area contributed by atoms with Crippen molar-refractivity contribution in [3.8, 4) is 0 Å². The summed E-state index contributed by atoms with van der Waals surface area (Å²) >= 11 is 0. The summed E-state index contributed by atoms with van der Waals surface area (Å²) in [6, 6.07) is -0.166. The number of rotatable bonds is 5. The summed E-state index contributed by atoms with van der Waals surface area (Å²) in [4.78, 5) is 8.22. The predicted molar refractivity (Wildman–Crippen MR) is 59.9 cm³/mol. The minimum absolute atomic E-state index is 0.0591. The highest BCUT2D eigenvalue weighted by atomic mass is 19.4. The molecule has 18 heavy (non-hydrogen) atoms. The molecular formula is C11H16F3N3O. The van der Waals surface area contributed by atoms with Crippen LogP contribution in [0.1, 0.15) is 30.0 Å². The molecule has 1 aromatic heterocycles. The van der Waals surface area contributed by atoms with Crippen LogP contribution >= 0.6 is 0 Å². The average Bonchev–Trinajstić information content (AvgIpc) is 2.22. The first-order chi connectivity index (χ1) is 8.29. The number of aromatic nitrogens is 2. The number of nitrogens with zero attached hydrogens (tertiary/aromatic N) is 2. The van der Waals surface area contributed by atoms with Crippen molar-refractivity contribution in [2.45, 2.75) is 32.5 Å². The van der Waals surface area contributed by atoms with E-state index < -0.39 is 12.8 Å². The number of hydrogen-bond donors (Lipinski definition) is 1. The first kappa shape index (κ1) is 14.8. The Morgan fingerprint density at radius 2 is 2.11 bits per heavy atom. The highest BCUT2D eigenvalue weighted by molar-refractivity contribution is 5.19. The summed E-state index contributed by atoms with van der Waals surface area (Å²) in [6.07, 6.45) is -2.45. The van der Waals surface area contributed by atoms with Gasteiger partial charge in [0.1, 0.15) is 12.4 Å². The highest BCUT2D eigenvalue weighted by Gasteiger charge is 2.27. The van der Waals surface area contributed by atoms with Crippen molar-refractivity contribution in [1.29, 1.82) is 0 Å². The predicted octanol–water partition coefficient (Wildman–Crippen LogP) is 1.93. The second kappa shape index (κ2) is 6.10. The van der Waals surface area contributed by atoms with Crippen LogP contribution in [-0.4, -0.2) is 29.4 Å². The number of halogens is 3. The van der Waals surface area contributed by atoms with Crippen molar-refractivity contribution >= 4 is 0 Å². The van der Waals surface area contributed by atoms with Gasteiger partial charge in [-0.1, -0.05) is 0 Å². The van der Waals surface area contributed by atoms with Gasteiger partial charge in [-0.3, -0.25) is 0 Å². The van der Waals surface area contributed by atoms with Gasteiger partial charge in [0.2, 0.25) is 0 Å². The van der Waals surface area contributed by atoms with Crippen molar-refractivity contribution in [1.82, 2.24) is 9.97 Å². The Hall–Kier alpha value is -1.21. The van der Waals surface area contributed by atoms with E-state index in [0.29, 0.717) is 5.82 Å². The van der Waals surface area contributed by atoms with Gasteiger partial charge < -0.3 is 10.5 Å². The molecule has 0 saturated heterocycles. The van der Waals surface area contributed by atoms with E-state index in [-0.39, 0.29) is 19.1 Å². The summed E-state index contributed by atoms with van der Waals surface area (Å²) in [6.45, 7) is 2.30. The summed E-state index contributed by atoms with van der Waals surface area (Å²) in [5, 5.41) is 0. The second-order valence-electron chi connectivity index (χ2n) is 4.03. The third-order valence-electron chi connectivity index (χ3n) is 2.29. The van der Waals surface area contributed by atoms with Crippen LogP contribution in [0.2, 0.25) is 0 Å². The minimum atomic E-state index is -4.30. The molecule has 102 valence electrons. The lowest BCUT2D eigenvalue weighted by atomic mass is 10.1. The highest BCUT2D eigenvalue weighted by Crippen LogP contribution is 2.15. The maximum atomic E-state index is 11.8. The average molecular weight is 263 g/mol. The van der Waals surface area contributed by atoms with Crippen LogP contribution < -0.4 is 5.73 Å². The van der Waals surface area contributed by atoms with E-state index in [0.717, 1.165) is 11.3 Å². The third kappa shape index (κ3) is 4.97. The molecule has 0 bridgehead atoms. The van der Waals surface area contributed by atoms with E-state index >= 15 is 0 Å². The molecule has 2 N–H and O–H groups in total. The lowest BCUT2D eigenvalue weighted by molar-refractivity contribution is -0.173. The number of aryl methyl sites for hydroxylation is 1. The lowest BCUT2D eigenvalue weighted by Gasteiger charge is -2.10. The molecule has 0 aliphatic carbocycles. The van der Waals surface area contributed by atoms with Crippen molar-refractivity contribution in [3.05, 3.63) is 23.3 Å². The van der Waals surface area contributed by atoms with Gasteiger partial charge in [-0.25, -0.2) is 9.97 Å². The zero-order valence-electron chi connectivity index (χ0n) is 10.3. The summed E-state index contributed by atoms with van der Waals surface area (Å²) in [5.41, 5.74) is 7.27. The molecule has 1 heterocycles. The molecule has 1 aromatic rings.